The molecule has 1 unspecified atom stereocenters. The molecule has 0 aliphatic carbocycles. The van der Waals surface area contributed by atoms with Crippen LogP contribution in [0.15, 0.2) is 48.8 Å². The molecule has 1 N–H and O–H groups in total. The molecule has 3 aromatic rings. The van der Waals surface area contributed by atoms with E-state index in [1.54, 1.807) is 6.20 Å². The Morgan fingerprint density at radius 3 is 2.67 bits per heavy atom. The Hall–Kier alpha value is -2.76. The van der Waals surface area contributed by atoms with Gasteiger partial charge in [-0.25, -0.2) is 4.68 Å². The van der Waals surface area contributed by atoms with Crippen LogP contribution in [0.2, 0.25) is 0 Å². The van der Waals surface area contributed by atoms with E-state index in [0.29, 0.717) is 5.82 Å². The van der Waals surface area contributed by atoms with E-state index in [1.807, 2.05) is 47.3 Å². The minimum absolute atomic E-state index is 0.118. The number of hydrogen-bond donors (Lipinski definition) is 1. The highest BCUT2D eigenvalue weighted by molar-refractivity contribution is 5.51. The van der Waals surface area contributed by atoms with Crippen molar-refractivity contribution in [1.82, 2.24) is 24.7 Å². The first-order valence-corrected chi connectivity index (χ1v) is 6.94. The molecule has 1 aliphatic heterocycles. The lowest BCUT2D eigenvalue weighted by Crippen LogP contribution is -2.25. The van der Waals surface area contributed by atoms with Crippen molar-refractivity contribution < 1.29 is 0 Å². The second kappa shape index (κ2) is 4.97. The van der Waals surface area contributed by atoms with Crippen LogP contribution in [-0.4, -0.2) is 31.3 Å². The van der Waals surface area contributed by atoms with E-state index >= 15 is 0 Å². The first-order valence-electron chi connectivity index (χ1n) is 6.94. The lowest BCUT2D eigenvalue weighted by Gasteiger charge is -2.23. The van der Waals surface area contributed by atoms with Gasteiger partial charge in [0.15, 0.2) is 0 Å². The predicted molar refractivity (Wildman–Crippen MR) is 78.7 cm³/mol. The fourth-order valence-electron chi connectivity index (χ4n) is 2.55. The second-order valence-electron chi connectivity index (χ2n) is 4.90. The molecule has 104 valence electrons. The van der Waals surface area contributed by atoms with E-state index in [1.165, 1.54) is 0 Å². The average molecular weight is 278 g/mol. The maximum Gasteiger partial charge on any atom is 0.222 e. The normalized spacial score (nSPS) is 17.0. The van der Waals surface area contributed by atoms with Crippen molar-refractivity contribution in [1.29, 1.82) is 0 Å². The van der Waals surface area contributed by atoms with Gasteiger partial charge < -0.3 is 5.32 Å². The molecular formula is C15H14N6. The van der Waals surface area contributed by atoms with E-state index < -0.39 is 0 Å². The van der Waals surface area contributed by atoms with Crippen molar-refractivity contribution in [2.45, 2.75) is 12.5 Å². The Balaban J connectivity index is 1.77. The van der Waals surface area contributed by atoms with Crippen molar-refractivity contribution in [2.75, 3.05) is 11.9 Å². The number of fused-ring (bicyclic) bond motifs is 1. The number of nitrogens with one attached hydrogen (secondary N) is 1. The molecule has 0 fully saturated rings. The summed E-state index contributed by atoms with van der Waals surface area (Å²) in [5.41, 5.74) is 1.79. The summed E-state index contributed by atoms with van der Waals surface area (Å²) < 4.78 is 1.91. The molecule has 0 spiro atoms. The molecule has 6 heteroatoms. The molecule has 0 aromatic carbocycles. The number of pyridine rings is 2. The van der Waals surface area contributed by atoms with Crippen molar-refractivity contribution in [3.8, 4) is 11.5 Å². The van der Waals surface area contributed by atoms with E-state index in [-0.39, 0.29) is 6.04 Å². The van der Waals surface area contributed by atoms with Crippen LogP contribution in [0.1, 0.15) is 18.2 Å². The van der Waals surface area contributed by atoms with Gasteiger partial charge in [-0.15, -0.1) is 5.10 Å². The van der Waals surface area contributed by atoms with Gasteiger partial charge in [-0.2, -0.15) is 4.98 Å². The van der Waals surface area contributed by atoms with Crippen molar-refractivity contribution >= 4 is 5.95 Å². The molecule has 0 radical (unpaired) electrons. The Labute approximate surface area is 121 Å². The first-order chi connectivity index (χ1) is 10.4. The summed E-state index contributed by atoms with van der Waals surface area (Å²) in [7, 11) is 0. The molecule has 4 heterocycles. The minimum atomic E-state index is 0.118. The number of nitrogens with zero attached hydrogens (tertiary/aromatic N) is 5. The van der Waals surface area contributed by atoms with Gasteiger partial charge in [-0.1, -0.05) is 12.1 Å². The molecule has 0 saturated carbocycles. The molecule has 4 rings (SSSR count). The Kier molecular flexibility index (Phi) is 2.85. The van der Waals surface area contributed by atoms with Gasteiger partial charge >= 0.3 is 0 Å². The average Bonchev–Trinajstić information content (AvgIpc) is 3.00. The van der Waals surface area contributed by atoms with Gasteiger partial charge in [0.05, 0.1) is 11.7 Å². The fraction of sp³-hybridized carbons (Fsp3) is 0.200. The summed E-state index contributed by atoms with van der Waals surface area (Å²) in [5, 5.41) is 7.91. The molecule has 3 aromatic heterocycles. The van der Waals surface area contributed by atoms with Crippen LogP contribution < -0.4 is 5.32 Å². The smallest absolute Gasteiger partial charge is 0.222 e. The zero-order valence-electron chi connectivity index (χ0n) is 11.3. The number of anilines is 1. The van der Waals surface area contributed by atoms with Gasteiger partial charge in [-0.05, 0) is 30.7 Å². The van der Waals surface area contributed by atoms with Crippen LogP contribution in [0.25, 0.3) is 11.5 Å². The summed E-state index contributed by atoms with van der Waals surface area (Å²) in [6.45, 7) is 0.863. The topological polar surface area (TPSA) is 68.5 Å². The van der Waals surface area contributed by atoms with Crippen molar-refractivity contribution in [2.24, 2.45) is 0 Å². The number of aromatic nitrogens is 5. The monoisotopic (exact) mass is 278 g/mol. The van der Waals surface area contributed by atoms with Gasteiger partial charge in [-0.3, -0.25) is 9.97 Å². The van der Waals surface area contributed by atoms with Crippen LogP contribution in [0.4, 0.5) is 5.95 Å². The van der Waals surface area contributed by atoms with Crippen LogP contribution in [0.5, 0.6) is 0 Å². The molecule has 0 amide bonds. The third-order valence-corrected chi connectivity index (χ3v) is 3.55. The van der Waals surface area contributed by atoms with Gasteiger partial charge in [0, 0.05) is 18.9 Å². The van der Waals surface area contributed by atoms with Gasteiger partial charge in [0.2, 0.25) is 11.8 Å². The Bertz CT molecular complexity index is 737. The van der Waals surface area contributed by atoms with E-state index in [4.69, 9.17) is 0 Å². The number of hydrogen-bond acceptors (Lipinski definition) is 5. The minimum Gasteiger partial charge on any atom is -0.354 e. The molecule has 1 aliphatic rings. The van der Waals surface area contributed by atoms with Crippen molar-refractivity contribution in [3.63, 3.8) is 0 Å². The molecule has 0 saturated heterocycles. The highest BCUT2D eigenvalue weighted by Gasteiger charge is 2.25. The number of rotatable bonds is 2. The summed E-state index contributed by atoms with van der Waals surface area (Å²) in [6.07, 6.45) is 4.50. The maximum absolute atomic E-state index is 4.62. The highest BCUT2D eigenvalue weighted by Crippen LogP contribution is 2.28. The lowest BCUT2D eigenvalue weighted by molar-refractivity contribution is 0.471. The highest BCUT2D eigenvalue weighted by atomic mass is 15.4. The van der Waals surface area contributed by atoms with Gasteiger partial charge in [0.1, 0.15) is 5.69 Å². The molecular weight excluding hydrogens is 264 g/mol. The molecule has 21 heavy (non-hydrogen) atoms. The van der Waals surface area contributed by atoms with Crippen molar-refractivity contribution in [3.05, 3.63) is 54.5 Å². The van der Waals surface area contributed by atoms with Gasteiger partial charge in [0.25, 0.3) is 0 Å². The van der Waals surface area contributed by atoms with E-state index in [0.717, 1.165) is 30.3 Å². The molecule has 6 nitrogen and oxygen atoms in total. The summed E-state index contributed by atoms with van der Waals surface area (Å²) in [6, 6.07) is 11.8. The van der Waals surface area contributed by atoms with E-state index in [9.17, 15) is 0 Å². The lowest BCUT2D eigenvalue weighted by atomic mass is 10.1. The maximum atomic E-state index is 4.62. The summed E-state index contributed by atoms with van der Waals surface area (Å²) in [5.74, 6) is 1.42. The second-order valence-corrected chi connectivity index (χ2v) is 4.90. The van der Waals surface area contributed by atoms with Crippen LogP contribution in [0.3, 0.4) is 0 Å². The quantitative estimate of drug-likeness (QED) is 0.777. The largest absolute Gasteiger partial charge is 0.354 e. The Morgan fingerprint density at radius 2 is 1.90 bits per heavy atom. The Morgan fingerprint density at radius 1 is 1.05 bits per heavy atom. The van der Waals surface area contributed by atoms with Crippen LogP contribution in [0, 0.1) is 0 Å². The van der Waals surface area contributed by atoms with E-state index in [2.05, 4.69) is 25.4 Å². The molecule has 0 bridgehead atoms. The summed E-state index contributed by atoms with van der Waals surface area (Å²) in [4.78, 5) is 13.3. The fourth-order valence-corrected chi connectivity index (χ4v) is 2.55. The molecule has 1 atom stereocenters. The third-order valence-electron chi connectivity index (χ3n) is 3.55. The van der Waals surface area contributed by atoms with Crippen LogP contribution in [-0.2, 0) is 0 Å². The zero-order valence-corrected chi connectivity index (χ0v) is 11.3. The SMILES string of the molecule is c1ccc(-c2nc3n(n2)C(c2ccccn2)CCN3)nc1. The van der Waals surface area contributed by atoms with Crippen LogP contribution >= 0.6 is 0 Å². The first kappa shape index (κ1) is 12.0. The predicted octanol–water partition coefficient (Wildman–Crippen LogP) is 2.14. The summed E-state index contributed by atoms with van der Waals surface area (Å²) >= 11 is 0. The standard InChI is InChI=1S/C15H14N6/c1-3-8-16-11(5-1)13-7-10-18-15-19-14(20-21(13)15)12-6-2-4-9-17-12/h1-6,8-9,13H,7,10H2,(H,18,19,20). The third kappa shape index (κ3) is 2.14. The zero-order chi connectivity index (χ0) is 14.1.